The molecule has 1 atom stereocenters. The number of sulfonamides is 2. The van der Waals surface area contributed by atoms with Crippen molar-refractivity contribution in [3.63, 3.8) is 0 Å². The van der Waals surface area contributed by atoms with Crippen LogP contribution in [-0.4, -0.2) is 58.8 Å². The predicted octanol–water partition coefficient (Wildman–Crippen LogP) is 0.555. The van der Waals surface area contributed by atoms with E-state index in [-0.39, 0.29) is 24.1 Å². The largest absolute Gasteiger partial charge is 0.313 e. The number of nitrogens with zero attached hydrogens (tertiary/aromatic N) is 1. The lowest BCUT2D eigenvalue weighted by Crippen LogP contribution is -2.50. The molecule has 1 saturated heterocycles. The van der Waals surface area contributed by atoms with E-state index < -0.39 is 20.0 Å². The molecular weight excluding hydrogens is 374 g/mol. The van der Waals surface area contributed by atoms with E-state index in [1.807, 2.05) is 6.07 Å². The first-order valence-corrected chi connectivity index (χ1v) is 11.3. The molecule has 0 aliphatic carbocycles. The van der Waals surface area contributed by atoms with Gasteiger partial charge >= 0.3 is 0 Å². The minimum absolute atomic E-state index is 0.0776. The molecule has 1 aromatic carbocycles. The number of halogens is 1. The normalized spacial score (nSPS) is 20.2. The topological polar surface area (TPSA) is 95.6 Å². The van der Waals surface area contributed by atoms with E-state index >= 15 is 0 Å². The Hall–Kier alpha value is -0.710. The fourth-order valence-corrected chi connectivity index (χ4v) is 5.06. The molecule has 10 heteroatoms. The van der Waals surface area contributed by atoms with E-state index in [9.17, 15) is 16.8 Å². The van der Waals surface area contributed by atoms with Gasteiger partial charge < -0.3 is 5.32 Å². The van der Waals surface area contributed by atoms with Crippen LogP contribution in [0.2, 0.25) is 5.02 Å². The zero-order valence-corrected chi connectivity index (χ0v) is 15.8. The van der Waals surface area contributed by atoms with E-state index in [0.29, 0.717) is 24.7 Å². The molecule has 1 unspecified atom stereocenters. The molecule has 2 rings (SSSR count). The lowest BCUT2D eigenvalue weighted by Gasteiger charge is -2.35. The predicted molar refractivity (Wildman–Crippen MR) is 95.0 cm³/mol. The molecule has 0 radical (unpaired) electrons. The molecule has 0 spiro atoms. The lowest BCUT2D eigenvalue weighted by atomic mass is 10.1. The fourth-order valence-electron chi connectivity index (χ4n) is 2.56. The summed E-state index contributed by atoms with van der Waals surface area (Å²) in [6, 6.07) is 6.75. The van der Waals surface area contributed by atoms with Crippen molar-refractivity contribution in [1.29, 1.82) is 0 Å². The molecular formula is C14H22ClN3O4S2. The zero-order chi connectivity index (χ0) is 17.8. The summed E-state index contributed by atoms with van der Waals surface area (Å²) in [7, 11) is -7.01. The Kier molecular flexibility index (Phi) is 6.63. The third-order valence-corrected chi connectivity index (χ3v) is 7.36. The third-order valence-electron chi connectivity index (χ3n) is 3.85. The highest BCUT2D eigenvalue weighted by Gasteiger charge is 2.33. The van der Waals surface area contributed by atoms with Crippen LogP contribution in [0.1, 0.15) is 18.5 Å². The summed E-state index contributed by atoms with van der Waals surface area (Å²) in [5.74, 6) is -0.352. The van der Waals surface area contributed by atoms with Gasteiger partial charge in [-0.15, -0.1) is 0 Å². The maximum Gasteiger partial charge on any atom is 0.216 e. The van der Waals surface area contributed by atoms with E-state index in [1.54, 1.807) is 18.2 Å². The van der Waals surface area contributed by atoms with Crippen molar-refractivity contribution in [1.82, 2.24) is 14.3 Å². The lowest BCUT2D eigenvalue weighted by molar-refractivity contribution is 0.271. The Bertz CT molecular complexity index is 768. The number of piperazine rings is 1. The quantitative estimate of drug-likeness (QED) is 0.703. The minimum Gasteiger partial charge on any atom is -0.313 e. The summed E-state index contributed by atoms with van der Waals surface area (Å²) in [4.78, 5) is 0. The smallest absolute Gasteiger partial charge is 0.216 e. The van der Waals surface area contributed by atoms with Gasteiger partial charge in [-0.25, -0.2) is 21.6 Å². The van der Waals surface area contributed by atoms with E-state index in [2.05, 4.69) is 10.0 Å². The van der Waals surface area contributed by atoms with Crippen molar-refractivity contribution < 1.29 is 16.8 Å². The summed E-state index contributed by atoms with van der Waals surface area (Å²) in [6.07, 6.45) is 0. The molecule has 136 valence electrons. The highest BCUT2D eigenvalue weighted by molar-refractivity contribution is 7.90. The molecule has 1 aliphatic rings. The summed E-state index contributed by atoms with van der Waals surface area (Å²) in [5.41, 5.74) is 0.812. The highest BCUT2D eigenvalue weighted by Crippen LogP contribution is 2.27. The average Bonchev–Trinajstić information content (AvgIpc) is 2.54. The standard InChI is InChI=1S/C14H22ClN3O4S2/c1-2-23(19,20)17-7-9-24(21,22)18-8-6-16-11-14(18)12-4-3-5-13(15)10-12/h3-5,10,14,16-17H,2,6-9,11H2,1H3. The van der Waals surface area contributed by atoms with Crippen LogP contribution in [0.25, 0.3) is 0 Å². The molecule has 0 saturated carbocycles. The summed E-state index contributed by atoms with van der Waals surface area (Å²) in [5, 5.41) is 3.73. The maximum absolute atomic E-state index is 12.7. The van der Waals surface area contributed by atoms with Crippen LogP contribution in [-0.2, 0) is 20.0 Å². The number of benzene rings is 1. The Balaban J connectivity index is 2.14. The van der Waals surface area contributed by atoms with Crippen molar-refractivity contribution in [3.8, 4) is 0 Å². The molecule has 1 fully saturated rings. The molecule has 1 heterocycles. The Morgan fingerprint density at radius 1 is 1.33 bits per heavy atom. The van der Waals surface area contributed by atoms with Gasteiger partial charge in [0.05, 0.1) is 17.5 Å². The number of hydrogen-bond acceptors (Lipinski definition) is 5. The van der Waals surface area contributed by atoms with Crippen LogP contribution >= 0.6 is 11.6 Å². The van der Waals surface area contributed by atoms with Gasteiger partial charge in [-0.2, -0.15) is 4.31 Å². The SMILES string of the molecule is CCS(=O)(=O)NCCS(=O)(=O)N1CCNCC1c1cccc(Cl)c1. The number of rotatable bonds is 7. The van der Waals surface area contributed by atoms with Crippen molar-refractivity contribution >= 4 is 31.6 Å². The van der Waals surface area contributed by atoms with Crippen LogP contribution in [0.3, 0.4) is 0 Å². The van der Waals surface area contributed by atoms with Crippen LogP contribution in [0.15, 0.2) is 24.3 Å². The monoisotopic (exact) mass is 395 g/mol. The summed E-state index contributed by atoms with van der Waals surface area (Å²) in [6.45, 7) is 2.74. The van der Waals surface area contributed by atoms with Crippen molar-refractivity contribution in [3.05, 3.63) is 34.9 Å². The highest BCUT2D eigenvalue weighted by atomic mass is 35.5. The number of hydrogen-bond donors (Lipinski definition) is 2. The Morgan fingerprint density at radius 3 is 2.75 bits per heavy atom. The second-order valence-corrected chi connectivity index (χ2v) is 10.1. The summed E-state index contributed by atoms with van der Waals surface area (Å²) >= 11 is 6.01. The first-order valence-electron chi connectivity index (χ1n) is 7.68. The third kappa shape index (κ3) is 5.14. The van der Waals surface area contributed by atoms with Crippen molar-refractivity contribution in [2.45, 2.75) is 13.0 Å². The van der Waals surface area contributed by atoms with Gasteiger partial charge in [-0.05, 0) is 24.6 Å². The van der Waals surface area contributed by atoms with Gasteiger partial charge in [0, 0.05) is 31.2 Å². The molecule has 1 aliphatic heterocycles. The van der Waals surface area contributed by atoms with Crippen molar-refractivity contribution in [2.24, 2.45) is 0 Å². The van der Waals surface area contributed by atoms with E-state index in [1.165, 1.54) is 11.2 Å². The van der Waals surface area contributed by atoms with Crippen LogP contribution in [0, 0.1) is 0 Å². The van der Waals surface area contributed by atoms with Gasteiger partial charge in [0.1, 0.15) is 0 Å². The molecule has 1 aromatic rings. The molecule has 7 nitrogen and oxygen atoms in total. The molecule has 0 amide bonds. The van der Waals surface area contributed by atoms with Gasteiger partial charge in [-0.1, -0.05) is 23.7 Å². The molecule has 24 heavy (non-hydrogen) atoms. The van der Waals surface area contributed by atoms with Gasteiger partial charge in [-0.3, -0.25) is 0 Å². The first-order chi connectivity index (χ1) is 11.2. The van der Waals surface area contributed by atoms with Gasteiger partial charge in [0.2, 0.25) is 20.0 Å². The van der Waals surface area contributed by atoms with Crippen LogP contribution < -0.4 is 10.0 Å². The minimum atomic E-state index is -3.60. The number of nitrogens with one attached hydrogen (secondary N) is 2. The van der Waals surface area contributed by atoms with Crippen LogP contribution in [0.4, 0.5) is 0 Å². The Labute approximate surface area is 148 Å². The van der Waals surface area contributed by atoms with Gasteiger partial charge in [0.15, 0.2) is 0 Å². The molecule has 0 bridgehead atoms. The zero-order valence-electron chi connectivity index (χ0n) is 13.4. The molecule has 2 N–H and O–H groups in total. The summed E-state index contributed by atoms with van der Waals surface area (Å²) < 4.78 is 51.9. The Morgan fingerprint density at radius 2 is 2.08 bits per heavy atom. The van der Waals surface area contributed by atoms with E-state index in [4.69, 9.17) is 11.6 Å². The second-order valence-electron chi connectivity index (χ2n) is 5.50. The average molecular weight is 396 g/mol. The fraction of sp³-hybridized carbons (Fsp3) is 0.571. The molecule has 0 aromatic heterocycles. The van der Waals surface area contributed by atoms with Gasteiger partial charge in [0.25, 0.3) is 0 Å². The maximum atomic E-state index is 12.7. The second kappa shape index (κ2) is 8.11. The van der Waals surface area contributed by atoms with E-state index in [0.717, 1.165) is 5.56 Å². The van der Waals surface area contributed by atoms with Crippen LogP contribution in [0.5, 0.6) is 0 Å². The van der Waals surface area contributed by atoms with Crippen molar-refractivity contribution in [2.75, 3.05) is 37.7 Å². The first kappa shape index (κ1) is 19.6.